The summed E-state index contributed by atoms with van der Waals surface area (Å²) in [5.41, 5.74) is 0.926. The quantitative estimate of drug-likeness (QED) is 0.461. The van der Waals surface area contributed by atoms with Crippen molar-refractivity contribution < 1.29 is 4.74 Å². The Morgan fingerprint density at radius 1 is 1.06 bits per heavy atom. The highest BCUT2D eigenvalue weighted by Gasteiger charge is 2.35. The number of nitrogens with zero attached hydrogens (tertiary/aromatic N) is 2. The predicted molar refractivity (Wildman–Crippen MR) is 124 cm³/mol. The Balaban J connectivity index is 1.66. The molecule has 3 aromatic carbocycles. The molecule has 4 aromatic rings. The summed E-state index contributed by atoms with van der Waals surface area (Å²) in [5, 5.41) is 10.6. The van der Waals surface area contributed by atoms with Crippen LogP contribution in [0.4, 0.5) is 0 Å². The van der Waals surface area contributed by atoms with Crippen LogP contribution in [0, 0.1) is 0 Å². The van der Waals surface area contributed by atoms with Crippen LogP contribution in [0.25, 0.3) is 21.5 Å². The molecule has 5 nitrogen and oxygen atoms in total. The average Bonchev–Trinajstić information content (AvgIpc) is 3.27. The second-order valence-electron chi connectivity index (χ2n) is 8.00. The third kappa shape index (κ3) is 3.62. The summed E-state index contributed by atoms with van der Waals surface area (Å²) in [6, 6.07) is 22.4. The highest BCUT2D eigenvalue weighted by atomic mass is 16.5. The minimum Gasteiger partial charge on any atom is -0.466 e. The van der Waals surface area contributed by atoms with Gasteiger partial charge in [0.25, 0.3) is 5.56 Å². The summed E-state index contributed by atoms with van der Waals surface area (Å²) in [6.07, 6.45) is 3.87. The Kier molecular flexibility index (Phi) is 5.26. The molecule has 0 amide bonds. The van der Waals surface area contributed by atoms with Crippen LogP contribution >= 0.6 is 0 Å². The molecule has 5 rings (SSSR count). The van der Waals surface area contributed by atoms with Crippen molar-refractivity contribution in [2.24, 2.45) is 0 Å². The van der Waals surface area contributed by atoms with E-state index in [4.69, 9.17) is 4.74 Å². The van der Waals surface area contributed by atoms with Crippen LogP contribution < -0.4 is 10.3 Å². The van der Waals surface area contributed by atoms with Crippen molar-refractivity contribution in [3.8, 4) is 5.88 Å². The molecule has 1 aromatic heterocycles. The smallest absolute Gasteiger partial charge is 0.272 e. The monoisotopic (exact) mass is 411 g/mol. The van der Waals surface area contributed by atoms with Crippen molar-refractivity contribution in [1.82, 2.24) is 15.1 Å². The summed E-state index contributed by atoms with van der Waals surface area (Å²) in [5.74, 6) is 0.457. The normalized spacial score (nSPS) is 17.7. The molecule has 5 heteroatoms. The van der Waals surface area contributed by atoms with E-state index in [1.54, 1.807) is 6.07 Å². The van der Waals surface area contributed by atoms with E-state index in [9.17, 15) is 4.79 Å². The second-order valence-corrected chi connectivity index (χ2v) is 8.00. The van der Waals surface area contributed by atoms with E-state index in [1.165, 1.54) is 10.8 Å². The zero-order valence-corrected chi connectivity index (χ0v) is 17.3. The predicted octanol–water partition coefficient (Wildman–Crippen LogP) is 4.85. The molecule has 0 spiro atoms. The number of rotatable bonds is 6. The number of hydrogen-bond donors (Lipinski definition) is 1. The molecule has 1 aliphatic rings. The molecule has 0 bridgehead atoms. The van der Waals surface area contributed by atoms with Crippen LogP contribution in [0.5, 0.6) is 5.88 Å². The van der Waals surface area contributed by atoms with E-state index in [0.717, 1.165) is 36.9 Å². The van der Waals surface area contributed by atoms with E-state index >= 15 is 0 Å². The SMILES string of the molecule is C=CCN1CCCC1C(Oc1n[nH]c(=O)c2ccccc12)c1cccc2ccccc12. The second kappa shape index (κ2) is 8.36. The van der Waals surface area contributed by atoms with Gasteiger partial charge in [-0.3, -0.25) is 9.69 Å². The van der Waals surface area contributed by atoms with Crippen LogP contribution in [-0.2, 0) is 0 Å². The van der Waals surface area contributed by atoms with Crippen LogP contribution in [0.2, 0.25) is 0 Å². The van der Waals surface area contributed by atoms with Gasteiger partial charge in [0.1, 0.15) is 6.10 Å². The maximum Gasteiger partial charge on any atom is 0.272 e. The molecule has 156 valence electrons. The van der Waals surface area contributed by atoms with Crippen molar-refractivity contribution in [3.63, 3.8) is 0 Å². The number of fused-ring (bicyclic) bond motifs is 2. The molecule has 0 aliphatic carbocycles. The van der Waals surface area contributed by atoms with Gasteiger partial charge in [0.05, 0.1) is 16.8 Å². The van der Waals surface area contributed by atoms with Gasteiger partial charge in [-0.1, -0.05) is 60.7 Å². The van der Waals surface area contributed by atoms with E-state index in [1.807, 2.05) is 24.3 Å². The summed E-state index contributed by atoms with van der Waals surface area (Å²) in [7, 11) is 0. The van der Waals surface area contributed by atoms with Gasteiger partial charge in [0.2, 0.25) is 5.88 Å². The number of aromatic amines is 1. The summed E-state index contributed by atoms with van der Waals surface area (Å²) in [6.45, 7) is 5.77. The Morgan fingerprint density at radius 3 is 2.65 bits per heavy atom. The lowest BCUT2D eigenvalue weighted by atomic mass is 9.94. The van der Waals surface area contributed by atoms with E-state index in [2.05, 4.69) is 64.1 Å². The number of ether oxygens (including phenoxy) is 1. The minimum atomic E-state index is -0.227. The van der Waals surface area contributed by atoms with E-state index in [0.29, 0.717) is 11.3 Å². The summed E-state index contributed by atoms with van der Waals surface area (Å²) >= 11 is 0. The molecule has 0 radical (unpaired) electrons. The topological polar surface area (TPSA) is 58.2 Å². The van der Waals surface area contributed by atoms with E-state index < -0.39 is 0 Å². The van der Waals surface area contributed by atoms with Gasteiger partial charge in [-0.05, 0) is 42.3 Å². The van der Waals surface area contributed by atoms with Gasteiger partial charge in [-0.15, -0.1) is 11.7 Å². The molecule has 0 saturated carbocycles. The zero-order chi connectivity index (χ0) is 21.2. The van der Waals surface area contributed by atoms with Crippen LogP contribution in [0.1, 0.15) is 24.5 Å². The maximum absolute atomic E-state index is 12.3. The largest absolute Gasteiger partial charge is 0.466 e. The fourth-order valence-electron chi connectivity index (χ4n) is 4.73. The zero-order valence-electron chi connectivity index (χ0n) is 17.3. The molecule has 2 heterocycles. The first-order valence-corrected chi connectivity index (χ1v) is 10.7. The van der Waals surface area contributed by atoms with Crippen LogP contribution in [-0.4, -0.2) is 34.2 Å². The highest BCUT2D eigenvalue weighted by Crippen LogP contribution is 2.37. The molecule has 1 saturated heterocycles. The first-order valence-electron chi connectivity index (χ1n) is 10.7. The number of nitrogens with one attached hydrogen (secondary N) is 1. The first-order chi connectivity index (χ1) is 15.3. The third-order valence-corrected chi connectivity index (χ3v) is 6.16. The lowest BCUT2D eigenvalue weighted by Gasteiger charge is -2.32. The summed E-state index contributed by atoms with van der Waals surface area (Å²) in [4.78, 5) is 14.7. The molecule has 1 fully saturated rings. The number of H-pyrrole nitrogens is 1. The Labute approximate surface area is 181 Å². The van der Waals surface area contributed by atoms with Gasteiger partial charge < -0.3 is 4.74 Å². The number of benzene rings is 3. The van der Waals surface area contributed by atoms with Crippen molar-refractivity contribution in [1.29, 1.82) is 0 Å². The number of aromatic nitrogens is 2. The number of hydrogen-bond acceptors (Lipinski definition) is 4. The number of likely N-dealkylation sites (tertiary alicyclic amines) is 1. The van der Waals surface area contributed by atoms with Crippen molar-refractivity contribution in [2.45, 2.75) is 25.0 Å². The molecular formula is C26H25N3O2. The fraction of sp³-hybridized carbons (Fsp3) is 0.231. The average molecular weight is 412 g/mol. The lowest BCUT2D eigenvalue weighted by Crippen LogP contribution is -2.37. The van der Waals surface area contributed by atoms with Crippen LogP contribution in [0.3, 0.4) is 0 Å². The lowest BCUT2D eigenvalue weighted by molar-refractivity contribution is 0.0965. The molecule has 1 aliphatic heterocycles. The summed E-state index contributed by atoms with van der Waals surface area (Å²) < 4.78 is 6.68. The minimum absolute atomic E-state index is 0.191. The van der Waals surface area contributed by atoms with E-state index in [-0.39, 0.29) is 17.7 Å². The molecular weight excluding hydrogens is 386 g/mol. The van der Waals surface area contributed by atoms with Gasteiger partial charge in [-0.2, -0.15) is 0 Å². The van der Waals surface area contributed by atoms with Gasteiger partial charge in [0, 0.05) is 12.1 Å². The first kappa shape index (κ1) is 19.5. The molecule has 2 unspecified atom stereocenters. The van der Waals surface area contributed by atoms with Crippen LogP contribution in [0.15, 0.2) is 84.2 Å². The van der Waals surface area contributed by atoms with Crippen molar-refractivity contribution in [3.05, 3.63) is 95.3 Å². The van der Waals surface area contributed by atoms with Gasteiger partial charge >= 0.3 is 0 Å². The van der Waals surface area contributed by atoms with Crippen molar-refractivity contribution >= 4 is 21.5 Å². The molecule has 31 heavy (non-hydrogen) atoms. The maximum atomic E-state index is 12.3. The molecule has 1 N–H and O–H groups in total. The highest BCUT2D eigenvalue weighted by molar-refractivity contribution is 5.87. The Bertz CT molecular complexity index is 1290. The Morgan fingerprint density at radius 2 is 1.81 bits per heavy atom. The standard InChI is InChI=1S/C26H25N3O2/c1-2-16-29-17-8-15-23(29)24(20-14-7-10-18-9-3-4-11-19(18)20)31-26-22-13-6-5-12-21(22)25(30)27-28-26/h2-7,9-14,23-24H,1,8,15-17H2,(H,27,30). The fourth-order valence-corrected chi connectivity index (χ4v) is 4.73. The van der Waals surface area contributed by atoms with Gasteiger partial charge in [-0.25, -0.2) is 5.10 Å². The molecule has 2 atom stereocenters. The van der Waals surface area contributed by atoms with Crippen molar-refractivity contribution in [2.75, 3.05) is 13.1 Å². The third-order valence-electron chi connectivity index (χ3n) is 6.16. The Hall–Kier alpha value is -3.44. The van der Waals surface area contributed by atoms with Gasteiger partial charge in [0.15, 0.2) is 0 Å².